The normalized spacial score (nSPS) is 9.71. The zero-order valence-corrected chi connectivity index (χ0v) is 9.98. The number of rotatable bonds is 1. The van der Waals surface area contributed by atoms with Crippen LogP contribution in [0.2, 0.25) is 0 Å². The first kappa shape index (κ1) is 11.4. The molecule has 0 saturated carbocycles. The Morgan fingerprint density at radius 1 is 1.53 bits per heavy atom. The summed E-state index contributed by atoms with van der Waals surface area (Å²) in [5, 5.41) is 2.59. The van der Waals surface area contributed by atoms with Crippen LogP contribution < -0.4 is 10.2 Å². The lowest BCUT2D eigenvalue weighted by atomic mass is 10.2. The van der Waals surface area contributed by atoms with Gasteiger partial charge in [-0.1, -0.05) is 23.2 Å². The number of carbonyl (C=O) groups excluding carboxylic acids is 1. The molecule has 0 aliphatic carbocycles. The van der Waals surface area contributed by atoms with Crippen LogP contribution in [0.4, 0.5) is 0 Å². The quantitative estimate of drug-likeness (QED) is 0.740. The average molecular weight is 246 g/mol. The Bertz CT molecular complexity index is 673. The van der Waals surface area contributed by atoms with E-state index < -0.39 is 0 Å². The molecule has 1 aromatic carbocycles. The van der Waals surface area contributed by atoms with Gasteiger partial charge < -0.3 is 10.3 Å². The number of hydrogen-bond donors (Lipinski definition) is 2. The molecular formula is C12H10N2O2S. The summed E-state index contributed by atoms with van der Waals surface area (Å²) in [6.07, 6.45) is 0. The summed E-state index contributed by atoms with van der Waals surface area (Å²) in [7, 11) is 0. The van der Waals surface area contributed by atoms with E-state index in [0.717, 1.165) is 27.1 Å². The van der Waals surface area contributed by atoms with Crippen LogP contribution in [0.15, 0.2) is 23.0 Å². The van der Waals surface area contributed by atoms with Gasteiger partial charge in [-0.25, -0.2) is 0 Å². The first-order valence-corrected chi connectivity index (χ1v) is 5.83. The number of carbonyl (C=O) groups is 1. The lowest BCUT2D eigenvalue weighted by Gasteiger charge is -1.92. The fourth-order valence-corrected chi connectivity index (χ4v) is 2.11. The van der Waals surface area contributed by atoms with Crippen molar-refractivity contribution < 1.29 is 4.79 Å². The van der Waals surface area contributed by atoms with Gasteiger partial charge in [0.25, 0.3) is 0 Å². The summed E-state index contributed by atoms with van der Waals surface area (Å²) >= 11 is 1.16. The van der Waals surface area contributed by atoms with Crippen molar-refractivity contribution in [2.75, 3.05) is 6.54 Å². The highest BCUT2D eigenvalue weighted by Crippen LogP contribution is 2.15. The molecule has 5 heteroatoms. The van der Waals surface area contributed by atoms with Gasteiger partial charge >= 0.3 is 4.87 Å². The number of aromatic amines is 1. The molecule has 86 valence electrons. The maximum absolute atomic E-state index is 11.1. The third-order valence-electron chi connectivity index (χ3n) is 2.08. The molecule has 17 heavy (non-hydrogen) atoms. The van der Waals surface area contributed by atoms with Gasteiger partial charge in [-0.05, 0) is 18.2 Å². The van der Waals surface area contributed by atoms with Crippen molar-refractivity contribution in [3.05, 3.63) is 33.4 Å². The third kappa shape index (κ3) is 2.95. The molecular weight excluding hydrogens is 236 g/mol. The molecule has 4 nitrogen and oxygen atoms in total. The summed E-state index contributed by atoms with van der Waals surface area (Å²) in [6, 6.07) is 5.53. The number of hydrogen-bond acceptors (Lipinski definition) is 3. The van der Waals surface area contributed by atoms with Crippen molar-refractivity contribution in [1.82, 2.24) is 10.3 Å². The van der Waals surface area contributed by atoms with Crippen molar-refractivity contribution in [2.24, 2.45) is 0 Å². The summed E-state index contributed by atoms with van der Waals surface area (Å²) in [4.78, 5) is 24.4. The number of amides is 1. The van der Waals surface area contributed by atoms with E-state index in [9.17, 15) is 9.59 Å². The minimum absolute atomic E-state index is 0.0663. The second-order valence-corrected chi connectivity index (χ2v) is 4.45. The van der Waals surface area contributed by atoms with Crippen molar-refractivity contribution in [3.63, 3.8) is 0 Å². The summed E-state index contributed by atoms with van der Waals surface area (Å²) < 4.78 is 0.890. The fourth-order valence-electron chi connectivity index (χ4n) is 1.34. The highest BCUT2D eigenvalue weighted by molar-refractivity contribution is 7.16. The van der Waals surface area contributed by atoms with E-state index in [1.54, 1.807) is 0 Å². The molecule has 0 aliphatic heterocycles. The standard InChI is InChI=1S/C12H10N2O2S/c1-8(15)13-6-2-3-9-4-5-10-11(7-9)17-12(16)14-10/h4-5,7H,6H2,1H3,(H,13,15)(H,14,16). The lowest BCUT2D eigenvalue weighted by Crippen LogP contribution is -2.19. The van der Waals surface area contributed by atoms with Gasteiger partial charge in [-0.3, -0.25) is 9.59 Å². The molecule has 0 unspecified atom stereocenters. The van der Waals surface area contributed by atoms with Gasteiger partial charge in [0.15, 0.2) is 0 Å². The zero-order chi connectivity index (χ0) is 12.3. The van der Waals surface area contributed by atoms with E-state index in [2.05, 4.69) is 22.1 Å². The molecule has 1 heterocycles. The van der Waals surface area contributed by atoms with Crippen LogP contribution in [-0.2, 0) is 4.79 Å². The summed E-state index contributed by atoms with van der Waals surface area (Å²) in [5.41, 5.74) is 1.66. The van der Waals surface area contributed by atoms with Crippen molar-refractivity contribution in [1.29, 1.82) is 0 Å². The van der Waals surface area contributed by atoms with E-state index in [1.165, 1.54) is 6.92 Å². The predicted molar refractivity (Wildman–Crippen MR) is 68.0 cm³/mol. The molecule has 0 spiro atoms. The molecule has 0 radical (unpaired) electrons. The van der Waals surface area contributed by atoms with E-state index in [-0.39, 0.29) is 10.8 Å². The molecule has 1 amide bonds. The maximum Gasteiger partial charge on any atom is 0.305 e. The third-order valence-corrected chi connectivity index (χ3v) is 2.92. The van der Waals surface area contributed by atoms with Gasteiger partial charge in [0.1, 0.15) is 0 Å². The zero-order valence-electron chi connectivity index (χ0n) is 9.16. The second-order valence-electron chi connectivity index (χ2n) is 3.44. The topological polar surface area (TPSA) is 62.0 Å². The van der Waals surface area contributed by atoms with Gasteiger partial charge in [-0.15, -0.1) is 0 Å². The average Bonchev–Trinajstić information content (AvgIpc) is 2.63. The Balaban J connectivity index is 2.18. The largest absolute Gasteiger partial charge is 0.345 e. The number of nitrogens with one attached hydrogen (secondary N) is 2. The SMILES string of the molecule is CC(=O)NCC#Cc1ccc2[nH]c(=O)sc2c1. The minimum atomic E-state index is -0.0985. The smallest absolute Gasteiger partial charge is 0.305 e. The van der Waals surface area contributed by atoms with Crippen LogP contribution in [0.1, 0.15) is 12.5 Å². The van der Waals surface area contributed by atoms with Crippen molar-refractivity contribution in [3.8, 4) is 11.8 Å². The fraction of sp³-hybridized carbons (Fsp3) is 0.167. The number of aromatic nitrogens is 1. The molecule has 1 aromatic heterocycles. The van der Waals surface area contributed by atoms with Crippen LogP contribution in [0, 0.1) is 11.8 Å². The molecule has 0 bridgehead atoms. The number of thiazole rings is 1. The number of benzene rings is 1. The van der Waals surface area contributed by atoms with Crippen LogP contribution in [0.5, 0.6) is 0 Å². The van der Waals surface area contributed by atoms with E-state index >= 15 is 0 Å². The van der Waals surface area contributed by atoms with E-state index in [1.807, 2.05) is 18.2 Å². The molecule has 0 saturated heterocycles. The highest BCUT2D eigenvalue weighted by atomic mass is 32.1. The van der Waals surface area contributed by atoms with Gasteiger partial charge in [0.05, 0.1) is 16.8 Å². The van der Waals surface area contributed by atoms with Crippen molar-refractivity contribution >= 4 is 27.5 Å². The van der Waals surface area contributed by atoms with Crippen molar-refractivity contribution in [2.45, 2.75) is 6.92 Å². The molecule has 0 fully saturated rings. The van der Waals surface area contributed by atoms with Crippen LogP contribution in [0.3, 0.4) is 0 Å². The number of fused-ring (bicyclic) bond motifs is 1. The minimum Gasteiger partial charge on any atom is -0.345 e. The van der Waals surface area contributed by atoms with E-state index in [0.29, 0.717) is 6.54 Å². The monoisotopic (exact) mass is 246 g/mol. The Morgan fingerprint density at radius 2 is 2.35 bits per heavy atom. The predicted octanol–water partition coefficient (Wildman–Crippen LogP) is 1.08. The van der Waals surface area contributed by atoms with Gasteiger partial charge in [0, 0.05) is 12.5 Å². The van der Waals surface area contributed by atoms with Gasteiger partial charge in [0.2, 0.25) is 5.91 Å². The summed E-state index contributed by atoms with van der Waals surface area (Å²) in [5.74, 6) is 5.67. The summed E-state index contributed by atoms with van der Waals surface area (Å²) in [6.45, 7) is 1.78. The molecule has 0 aliphatic rings. The first-order chi connectivity index (χ1) is 8.15. The van der Waals surface area contributed by atoms with Crippen LogP contribution in [-0.4, -0.2) is 17.4 Å². The van der Waals surface area contributed by atoms with Gasteiger partial charge in [-0.2, -0.15) is 0 Å². The maximum atomic E-state index is 11.1. The van der Waals surface area contributed by atoms with Crippen LogP contribution >= 0.6 is 11.3 Å². The number of H-pyrrole nitrogens is 1. The lowest BCUT2D eigenvalue weighted by molar-refractivity contribution is -0.118. The molecule has 2 aromatic rings. The Morgan fingerprint density at radius 3 is 3.12 bits per heavy atom. The Kier molecular flexibility index (Phi) is 3.26. The second kappa shape index (κ2) is 4.85. The van der Waals surface area contributed by atoms with E-state index in [4.69, 9.17) is 0 Å². The molecule has 2 N–H and O–H groups in total. The Labute approximate surface area is 102 Å². The molecule has 0 atom stereocenters. The first-order valence-electron chi connectivity index (χ1n) is 5.01. The van der Waals surface area contributed by atoms with Crippen LogP contribution in [0.25, 0.3) is 10.2 Å². The Hall–Kier alpha value is -2.06. The highest BCUT2D eigenvalue weighted by Gasteiger charge is 1.98. The molecule has 2 rings (SSSR count).